The smallest absolute Gasteiger partial charge is 0.251 e. The Hall–Kier alpha value is -1.77. The van der Waals surface area contributed by atoms with Gasteiger partial charge < -0.3 is 10.3 Å². The second kappa shape index (κ2) is 3.11. The molecule has 0 aliphatic carbocycles. The molecular formula is C13H14N2O. The Morgan fingerprint density at radius 1 is 1.44 bits per heavy atom. The van der Waals surface area contributed by atoms with Gasteiger partial charge in [0.2, 0.25) is 0 Å². The first kappa shape index (κ1) is 9.46. The zero-order chi connectivity index (χ0) is 11.3. The molecular weight excluding hydrogens is 200 g/mol. The number of primary amides is 1. The van der Waals surface area contributed by atoms with Crippen molar-refractivity contribution in [1.82, 2.24) is 4.57 Å². The lowest BCUT2D eigenvalue weighted by molar-refractivity contribution is 0.100. The van der Waals surface area contributed by atoms with Gasteiger partial charge in [-0.15, -0.1) is 0 Å². The summed E-state index contributed by atoms with van der Waals surface area (Å²) in [4.78, 5) is 11.5. The van der Waals surface area contributed by atoms with E-state index in [-0.39, 0.29) is 5.91 Å². The predicted octanol–water partition coefficient (Wildman–Crippen LogP) is 1.99. The van der Waals surface area contributed by atoms with E-state index in [1.165, 1.54) is 11.1 Å². The molecule has 3 rings (SSSR count). The molecule has 0 saturated carbocycles. The Labute approximate surface area is 93.9 Å². The highest BCUT2D eigenvalue weighted by Gasteiger charge is 2.21. The van der Waals surface area contributed by atoms with Gasteiger partial charge in [-0.2, -0.15) is 0 Å². The van der Waals surface area contributed by atoms with Crippen LogP contribution in [0.2, 0.25) is 0 Å². The number of aromatic nitrogens is 1. The molecule has 1 aromatic heterocycles. The minimum Gasteiger partial charge on any atom is -0.366 e. The van der Waals surface area contributed by atoms with Crippen molar-refractivity contribution in [1.29, 1.82) is 0 Å². The standard InChI is InChI=1S/C13H14N2O/c1-8-11(13(14)16)10-6-2-4-9-5-3-7-15(8)12(9)10/h2,4,6H,3,5,7H2,1H3,(H2,14,16). The summed E-state index contributed by atoms with van der Waals surface area (Å²) in [5.41, 5.74) is 9.71. The van der Waals surface area contributed by atoms with E-state index in [0.717, 1.165) is 30.5 Å². The molecule has 2 aromatic rings. The molecule has 0 spiro atoms. The number of nitrogens with two attached hydrogens (primary N) is 1. The second-order valence-electron chi connectivity index (χ2n) is 4.39. The Morgan fingerprint density at radius 2 is 2.25 bits per heavy atom. The van der Waals surface area contributed by atoms with Gasteiger partial charge in [-0.25, -0.2) is 0 Å². The number of benzene rings is 1. The average Bonchev–Trinajstić information content (AvgIpc) is 2.55. The zero-order valence-corrected chi connectivity index (χ0v) is 9.29. The Morgan fingerprint density at radius 3 is 3.00 bits per heavy atom. The molecule has 1 aliphatic rings. The molecule has 0 radical (unpaired) electrons. The van der Waals surface area contributed by atoms with Crippen molar-refractivity contribution in [2.45, 2.75) is 26.3 Å². The summed E-state index contributed by atoms with van der Waals surface area (Å²) in [6, 6.07) is 6.15. The summed E-state index contributed by atoms with van der Waals surface area (Å²) in [7, 11) is 0. The van der Waals surface area contributed by atoms with Crippen LogP contribution in [0.25, 0.3) is 10.9 Å². The van der Waals surface area contributed by atoms with Gasteiger partial charge in [-0.05, 0) is 25.3 Å². The third-order valence-corrected chi connectivity index (χ3v) is 3.50. The molecule has 1 amide bonds. The van der Waals surface area contributed by atoms with E-state index in [1.807, 2.05) is 19.1 Å². The van der Waals surface area contributed by atoms with Crippen LogP contribution in [0.4, 0.5) is 0 Å². The van der Waals surface area contributed by atoms with Gasteiger partial charge in [-0.1, -0.05) is 18.2 Å². The third-order valence-electron chi connectivity index (χ3n) is 3.50. The van der Waals surface area contributed by atoms with Crippen LogP contribution in [0.15, 0.2) is 18.2 Å². The summed E-state index contributed by atoms with van der Waals surface area (Å²) in [6.45, 7) is 2.97. The van der Waals surface area contributed by atoms with Crippen molar-refractivity contribution in [3.63, 3.8) is 0 Å². The van der Waals surface area contributed by atoms with E-state index < -0.39 is 0 Å². The van der Waals surface area contributed by atoms with Crippen LogP contribution in [-0.2, 0) is 13.0 Å². The molecule has 82 valence electrons. The lowest BCUT2D eigenvalue weighted by Crippen LogP contribution is -2.13. The van der Waals surface area contributed by atoms with Crippen molar-refractivity contribution < 1.29 is 4.79 Å². The van der Waals surface area contributed by atoms with Crippen LogP contribution < -0.4 is 5.73 Å². The van der Waals surface area contributed by atoms with Crippen molar-refractivity contribution in [2.24, 2.45) is 5.73 Å². The van der Waals surface area contributed by atoms with E-state index >= 15 is 0 Å². The molecule has 2 heterocycles. The maximum atomic E-state index is 11.5. The molecule has 1 aromatic carbocycles. The summed E-state index contributed by atoms with van der Waals surface area (Å²) >= 11 is 0. The Balaban J connectivity index is 2.50. The van der Waals surface area contributed by atoms with Crippen LogP contribution in [0.5, 0.6) is 0 Å². The first-order valence-corrected chi connectivity index (χ1v) is 5.60. The van der Waals surface area contributed by atoms with E-state index in [1.54, 1.807) is 0 Å². The topological polar surface area (TPSA) is 48.0 Å². The summed E-state index contributed by atoms with van der Waals surface area (Å²) in [5, 5.41) is 1.02. The fourth-order valence-electron chi connectivity index (χ4n) is 2.83. The van der Waals surface area contributed by atoms with E-state index in [9.17, 15) is 4.79 Å². The number of hydrogen-bond acceptors (Lipinski definition) is 1. The summed E-state index contributed by atoms with van der Waals surface area (Å²) in [5.74, 6) is -0.319. The van der Waals surface area contributed by atoms with E-state index in [4.69, 9.17) is 5.73 Å². The van der Waals surface area contributed by atoms with E-state index in [0.29, 0.717) is 5.56 Å². The highest BCUT2D eigenvalue weighted by Crippen LogP contribution is 2.32. The number of carbonyl (C=O) groups excluding carboxylic acids is 1. The van der Waals surface area contributed by atoms with Gasteiger partial charge in [0.25, 0.3) is 5.91 Å². The fourth-order valence-corrected chi connectivity index (χ4v) is 2.83. The number of rotatable bonds is 1. The Bertz CT molecular complexity index is 595. The molecule has 0 atom stereocenters. The van der Waals surface area contributed by atoms with E-state index in [2.05, 4.69) is 10.6 Å². The second-order valence-corrected chi connectivity index (χ2v) is 4.39. The first-order valence-electron chi connectivity index (χ1n) is 5.60. The number of aryl methyl sites for hydroxylation is 2. The van der Waals surface area contributed by atoms with Gasteiger partial charge in [0, 0.05) is 17.6 Å². The molecule has 3 heteroatoms. The quantitative estimate of drug-likeness (QED) is 0.775. The van der Waals surface area contributed by atoms with Gasteiger partial charge in [0.15, 0.2) is 0 Å². The van der Waals surface area contributed by atoms with Crippen LogP contribution in [0.1, 0.15) is 28.0 Å². The largest absolute Gasteiger partial charge is 0.366 e. The van der Waals surface area contributed by atoms with Crippen LogP contribution in [0, 0.1) is 6.92 Å². The summed E-state index contributed by atoms with van der Waals surface area (Å²) < 4.78 is 2.23. The number of amides is 1. The van der Waals surface area contributed by atoms with Gasteiger partial charge in [0.1, 0.15) is 0 Å². The van der Waals surface area contributed by atoms with Crippen molar-refractivity contribution in [2.75, 3.05) is 0 Å². The molecule has 2 N–H and O–H groups in total. The highest BCUT2D eigenvalue weighted by atomic mass is 16.1. The summed E-state index contributed by atoms with van der Waals surface area (Å²) in [6.07, 6.45) is 2.23. The predicted molar refractivity (Wildman–Crippen MR) is 63.5 cm³/mol. The van der Waals surface area contributed by atoms with Gasteiger partial charge in [0.05, 0.1) is 11.1 Å². The first-order chi connectivity index (χ1) is 7.70. The molecule has 1 aliphatic heterocycles. The van der Waals surface area contributed by atoms with Crippen molar-refractivity contribution in [3.05, 3.63) is 35.0 Å². The van der Waals surface area contributed by atoms with Crippen molar-refractivity contribution in [3.8, 4) is 0 Å². The van der Waals surface area contributed by atoms with Crippen molar-refractivity contribution >= 4 is 16.8 Å². The molecule has 0 unspecified atom stereocenters. The zero-order valence-electron chi connectivity index (χ0n) is 9.29. The molecule has 0 fully saturated rings. The lowest BCUT2D eigenvalue weighted by Gasteiger charge is -2.16. The monoisotopic (exact) mass is 214 g/mol. The van der Waals surface area contributed by atoms with Crippen LogP contribution in [0.3, 0.4) is 0 Å². The number of para-hydroxylation sites is 1. The molecule has 16 heavy (non-hydrogen) atoms. The third kappa shape index (κ3) is 1.06. The number of nitrogens with zero attached hydrogens (tertiary/aromatic N) is 1. The molecule has 0 saturated heterocycles. The molecule has 0 bridgehead atoms. The minimum absolute atomic E-state index is 0.319. The molecule has 3 nitrogen and oxygen atoms in total. The number of hydrogen-bond donors (Lipinski definition) is 1. The Kier molecular flexibility index (Phi) is 1.84. The average molecular weight is 214 g/mol. The maximum absolute atomic E-state index is 11.5. The SMILES string of the molecule is Cc1c(C(N)=O)c2cccc3c2n1CCC3. The normalized spacial score (nSPS) is 14.3. The number of carbonyl (C=O) groups is 1. The highest BCUT2D eigenvalue weighted by molar-refractivity contribution is 6.08. The van der Waals surface area contributed by atoms with Crippen LogP contribution in [-0.4, -0.2) is 10.5 Å². The van der Waals surface area contributed by atoms with Gasteiger partial charge >= 0.3 is 0 Å². The van der Waals surface area contributed by atoms with Crippen LogP contribution >= 0.6 is 0 Å². The van der Waals surface area contributed by atoms with Gasteiger partial charge in [-0.3, -0.25) is 4.79 Å². The fraction of sp³-hybridized carbons (Fsp3) is 0.308. The maximum Gasteiger partial charge on any atom is 0.251 e. The minimum atomic E-state index is -0.319. The lowest BCUT2D eigenvalue weighted by atomic mass is 10.0.